The van der Waals surface area contributed by atoms with Gasteiger partial charge in [-0.3, -0.25) is 4.79 Å². The zero-order valence-corrected chi connectivity index (χ0v) is 11.5. The van der Waals surface area contributed by atoms with E-state index in [0.717, 1.165) is 12.8 Å². The number of hydrogen-bond acceptors (Lipinski definition) is 2. The maximum Gasteiger partial charge on any atom is 0.135 e. The highest BCUT2D eigenvalue weighted by Gasteiger charge is 2.27. The van der Waals surface area contributed by atoms with Gasteiger partial charge in [-0.2, -0.15) is 0 Å². The van der Waals surface area contributed by atoms with Crippen molar-refractivity contribution in [2.45, 2.75) is 58.0 Å². The fourth-order valence-corrected chi connectivity index (χ4v) is 2.28. The molecule has 0 saturated heterocycles. The number of rotatable bonds is 8. The van der Waals surface area contributed by atoms with E-state index in [2.05, 4.69) is 12.1 Å². The zero-order chi connectivity index (χ0) is 13.4. The second-order valence-electron chi connectivity index (χ2n) is 5.03. The molecule has 18 heavy (non-hydrogen) atoms. The van der Waals surface area contributed by atoms with E-state index in [4.69, 9.17) is 0 Å². The van der Waals surface area contributed by atoms with Gasteiger partial charge in [-0.15, -0.1) is 0 Å². The highest BCUT2D eigenvalue weighted by molar-refractivity contribution is 5.79. The first kappa shape index (κ1) is 14.9. The molecule has 0 radical (unpaired) electrons. The summed E-state index contributed by atoms with van der Waals surface area (Å²) in [6.45, 7) is 3.90. The van der Waals surface area contributed by atoms with Crippen molar-refractivity contribution < 1.29 is 9.90 Å². The molecular formula is C16H24O2. The minimum absolute atomic E-state index is 0.152. The van der Waals surface area contributed by atoms with Crippen molar-refractivity contribution in [3.63, 3.8) is 0 Å². The fourth-order valence-electron chi connectivity index (χ4n) is 2.28. The highest BCUT2D eigenvalue weighted by atomic mass is 16.3. The Labute approximate surface area is 110 Å². The molecular weight excluding hydrogens is 224 g/mol. The molecule has 1 rings (SSSR count). The van der Waals surface area contributed by atoms with Crippen molar-refractivity contribution in [1.29, 1.82) is 0 Å². The minimum atomic E-state index is -0.822. The fraction of sp³-hybridized carbons (Fsp3) is 0.562. The Balaban J connectivity index is 2.59. The number of aryl methyl sites for hydroxylation is 1. The van der Waals surface area contributed by atoms with Crippen molar-refractivity contribution >= 4 is 5.78 Å². The van der Waals surface area contributed by atoms with Gasteiger partial charge in [0, 0.05) is 12.8 Å². The van der Waals surface area contributed by atoms with Gasteiger partial charge in [-0.05, 0) is 24.8 Å². The molecule has 1 aromatic carbocycles. The van der Waals surface area contributed by atoms with E-state index >= 15 is 0 Å². The first-order chi connectivity index (χ1) is 8.59. The maximum atomic E-state index is 11.6. The number of ketones is 1. The predicted octanol–water partition coefficient (Wildman–Crippen LogP) is 3.52. The first-order valence-electron chi connectivity index (χ1n) is 6.87. The van der Waals surface area contributed by atoms with Crippen LogP contribution in [-0.4, -0.2) is 16.5 Å². The third kappa shape index (κ3) is 5.01. The predicted molar refractivity (Wildman–Crippen MR) is 74.5 cm³/mol. The molecule has 0 amide bonds. The summed E-state index contributed by atoms with van der Waals surface area (Å²) in [5.74, 6) is 0.152. The molecule has 1 N–H and O–H groups in total. The van der Waals surface area contributed by atoms with Crippen LogP contribution in [0.4, 0.5) is 0 Å². The molecule has 2 nitrogen and oxygen atoms in total. The van der Waals surface area contributed by atoms with Crippen molar-refractivity contribution in [3.05, 3.63) is 35.9 Å². The quantitative estimate of drug-likeness (QED) is 0.764. The summed E-state index contributed by atoms with van der Waals surface area (Å²) in [6.07, 6.45) is 3.90. The van der Waals surface area contributed by atoms with Crippen LogP contribution in [0.1, 0.15) is 51.5 Å². The molecule has 0 aliphatic heterocycles. The lowest BCUT2D eigenvalue weighted by Crippen LogP contribution is -2.32. The Morgan fingerprint density at radius 3 is 2.39 bits per heavy atom. The topological polar surface area (TPSA) is 37.3 Å². The van der Waals surface area contributed by atoms with Crippen LogP contribution in [-0.2, 0) is 11.2 Å². The Hall–Kier alpha value is -1.15. The summed E-state index contributed by atoms with van der Waals surface area (Å²) in [5, 5.41) is 10.6. The van der Waals surface area contributed by atoms with Gasteiger partial charge >= 0.3 is 0 Å². The zero-order valence-electron chi connectivity index (χ0n) is 11.5. The van der Waals surface area contributed by atoms with Crippen LogP contribution in [0.2, 0.25) is 0 Å². The molecule has 0 aromatic heterocycles. The van der Waals surface area contributed by atoms with Crippen LogP contribution in [0.3, 0.4) is 0 Å². The molecule has 0 saturated carbocycles. The molecule has 1 aromatic rings. The molecule has 0 aliphatic carbocycles. The molecule has 0 fully saturated rings. The van der Waals surface area contributed by atoms with Crippen LogP contribution in [0.5, 0.6) is 0 Å². The maximum absolute atomic E-state index is 11.6. The number of hydrogen-bond donors (Lipinski definition) is 1. The van der Waals surface area contributed by atoms with Gasteiger partial charge in [-0.1, -0.05) is 50.6 Å². The Kier molecular flexibility index (Phi) is 6.06. The van der Waals surface area contributed by atoms with E-state index in [0.29, 0.717) is 25.7 Å². The second-order valence-corrected chi connectivity index (χ2v) is 5.03. The monoisotopic (exact) mass is 248 g/mol. The molecule has 0 spiro atoms. The summed E-state index contributed by atoms with van der Waals surface area (Å²) < 4.78 is 0. The highest BCUT2D eigenvalue weighted by Crippen LogP contribution is 2.25. The van der Waals surface area contributed by atoms with Gasteiger partial charge in [0.1, 0.15) is 5.78 Å². The number of aliphatic hydroxyl groups is 1. The normalized spacial score (nSPS) is 14.2. The largest absolute Gasteiger partial charge is 0.389 e. The molecule has 0 aliphatic rings. The van der Waals surface area contributed by atoms with Crippen LogP contribution >= 0.6 is 0 Å². The van der Waals surface area contributed by atoms with Gasteiger partial charge in [0.15, 0.2) is 0 Å². The average molecular weight is 248 g/mol. The smallest absolute Gasteiger partial charge is 0.135 e. The summed E-state index contributed by atoms with van der Waals surface area (Å²) in [7, 11) is 0. The Bertz CT molecular complexity index is 359. The third-order valence-corrected chi connectivity index (χ3v) is 3.36. The van der Waals surface area contributed by atoms with E-state index in [1.54, 1.807) is 0 Å². The number of Topliss-reactive ketones (excluding diaryl/α,β-unsaturated/α-hetero) is 1. The minimum Gasteiger partial charge on any atom is -0.389 e. The molecule has 1 unspecified atom stereocenters. The third-order valence-electron chi connectivity index (χ3n) is 3.36. The second kappa shape index (κ2) is 7.32. The molecule has 100 valence electrons. The van der Waals surface area contributed by atoms with Crippen LogP contribution in [0.25, 0.3) is 0 Å². The van der Waals surface area contributed by atoms with E-state index in [-0.39, 0.29) is 5.78 Å². The molecule has 0 heterocycles. The van der Waals surface area contributed by atoms with Crippen molar-refractivity contribution in [3.8, 4) is 0 Å². The molecule has 1 atom stereocenters. The lowest BCUT2D eigenvalue weighted by atomic mass is 9.85. The van der Waals surface area contributed by atoms with E-state index in [9.17, 15) is 9.90 Å². The SMILES string of the molecule is CCCC(O)(CCc1ccccc1)CC(=O)CC. The number of benzene rings is 1. The van der Waals surface area contributed by atoms with Crippen molar-refractivity contribution in [1.82, 2.24) is 0 Å². The van der Waals surface area contributed by atoms with Crippen LogP contribution < -0.4 is 0 Å². The molecule has 0 bridgehead atoms. The van der Waals surface area contributed by atoms with Crippen LogP contribution in [0.15, 0.2) is 30.3 Å². The lowest BCUT2D eigenvalue weighted by Gasteiger charge is -2.27. The van der Waals surface area contributed by atoms with Crippen molar-refractivity contribution in [2.24, 2.45) is 0 Å². The van der Waals surface area contributed by atoms with E-state index in [1.165, 1.54) is 5.56 Å². The Morgan fingerprint density at radius 1 is 1.17 bits per heavy atom. The first-order valence-corrected chi connectivity index (χ1v) is 6.87. The van der Waals surface area contributed by atoms with Crippen LogP contribution in [0, 0.1) is 0 Å². The van der Waals surface area contributed by atoms with E-state index < -0.39 is 5.60 Å². The van der Waals surface area contributed by atoms with Gasteiger partial charge in [0.2, 0.25) is 0 Å². The Morgan fingerprint density at radius 2 is 1.83 bits per heavy atom. The number of carbonyl (C=O) groups is 1. The van der Waals surface area contributed by atoms with Gasteiger partial charge < -0.3 is 5.11 Å². The summed E-state index contributed by atoms with van der Waals surface area (Å²) >= 11 is 0. The average Bonchev–Trinajstić information content (AvgIpc) is 2.38. The number of carbonyl (C=O) groups excluding carboxylic acids is 1. The van der Waals surface area contributed by atoms with Gasteiger partial charge in [0.05, 0.1) is 5.60 Å². The van der Waals surface area contributed by atoms with Gasteiger partial charge in [-0.25, -0.2) is 0 Å². The summed E-state index contributed by atoms with van der Waals surface area (Å²) in [5.41, 5.74) is 0.397. The summed E-state index contributed by atoms with van der Waals surface area (Å²) in [4.78, 5) is 11.6. The standard InChI is InChI=1S/C16H24O2/c1-3-11-16(18,13-15(17)4-2)12-10-14-8-6-5-7-9-14/h5-9,18H,3-4,10-13H2,1-2H3. The lowest BCUT2D eigenvalue weighted by molar-refractivity contribution is -0.124. The van der Waals surface area contributed by atoms with Gasteiger partial charge in [0.25, 0.3) is 0 Å². The van der Waals surface area contributed by atoms with Crippen molar-refractivity contribution in [2.75, 3.05) is 0 Å². The van der Waals surface area contributed by atoms with E-state index in [1.807, 2.05) is 32.0 Å². The molecule has 2 heteroatoms. The summed E-state index contributed by atoms with van der Waals surface area (Å²) in [6, 6.07) is 10.1.